The van der Waals surface area contributed by atoms with Gasteiger partial charge in [-0.2, -0.15) is 0 Å². The van der Waals surface area contributed by atoms with Crippen LogP contribution in [0.25, 0.3) is 0 Å². The zero-order chi connectivity index (χ0) is 11.4. The highest BCUT2D eigenvalue weighted by Gasteiger charge is 2.09. The third-order valence-corrected chi connectivity index (χ3v) is 3.35. The van der Waals surface area contributed by atoms with Gasteiger partial charge in [0.25, 0.3) is 0 Å². The quantitative estimate of drug-likeness (QED) is 0.867. The molecule has 1 atom stereocenters. The number of aromatic nitrogens is 1. The Labute approximate surface area is 99.5 Å². The Balaban J connectivity index is 1.78. The number of nitrogens with one attached hydrogen (secondary N) is 1. The van der Waals surface area contributed by atoms with Crippen molar-refractivity contribution in [2.45, 2.75) is 26.3 Å². The van der Waals surface area contributed by atoms with Crippen LogP contribution in [0, 0.1) is 6.92 Å². The molecule has 2 aromatic heterocycles. The van der Waals surface area contributed by atoms with Crippen molar-refractivity contribution in [3.63, 3.8) is 0 Å². The van der Waals surface area contributed by atoms with E-state index in [4.69, 9.17) is 4.42 Å². The van der Waals surface area contributed by atoms with Crippen LogP contribution in [0.2, 0.25) is 0 Å². The van der Waals surface area contributed by atoms with Gasteiger partial charge in [0, 0.05) is 11.4 Å². The molecule has 4 heteroatoms. The Bertz CT molecular complexity index is 422. The van der Waals surface area contributed by atoms with Crippen LogP contribution in [-0.4, -0.2) is 11.5 Å². The summed E-state index contributed by atoms with van der Waals surface area (Å²) in [6, 6.07) is 4.42. The summed E-state index contributed by atoms with van der Waals surface area (Å²) in [5.41, 5.74) is 0. The van der Waals surface area contributed by atoms with Gasteiger partial charge in [-0.1, -0.05) is 6.07 Å². The van der Waals surface area contributed by atoms with E-state index in [0.29, 0.717) is 0 Å². The summed E-state index contributed by atoms with van der Waals surface area (Å²) < 4.78 is 5.46. The van der Waals surface area contributed by atoms with E-state index >= 15 is 0 Å². The molecule has 0 bridgehead atoms. The molecule has 2 rings (SSSR count). The first kappa shape index (κ1) is 11.4. The monoisotopic (exact) mass is 236 g/mol. The second-order valence-electron chi connectivity index (χ2n) is 3.81. The van der Waals surface area contributed by atoms with Crippen molar-refractivity contribution in [2.24, 2.45) is 0 Å². The molecule has 1 N–H and O–H groups in total. The van der Waals surface area contributed by atoms with Crippen molar-refractivity contribution in [3.8, 4) is 0 Å². The van der Waals surface area contributed by atoms with Gasteiger partial charge in [-0.25, -0.2) is 4.98 Å². The molecule has 0 saturated carbocycles. The zero-order valence-corrected chi connectivity index (χ0v) is 10.4. The van der Waals surface area contributed by atoms with Gasteiger partial charge in [0.05, 0.1) is 12.2 Å². The number of nitrogens with zero attached hydrogens (tertiary/aromatic N) is 1. The predicted octanol–water partition coefficient (Wildman–Crippen LogP) is 2.94. The van der Waals surface area contributed by atoms with E-state index in [1.165, 1.54) is 4.88 Å². The summed E-state index contributed by atoms with van der Waals surface area (Å²) in [5.74, 6) is 1.63. The lowest BCUT2D eigenvalue weighted by Gasteiger charge is -2.09. The van der Waals surface area contributed by atoms with E-state index in [9.17, 15) is 0 Å². The smallest absolute Gasteiger partial charge is 0.211 e. The molecule has 0 aromatic carbocycles. The first-order valence-corrected chi connectivity index (χ1v) is 6.32. The number of aryl methyl sites for hydroxylation is 1. The predicted molar refractivity (Wildman–Crippen MR) is 65.7 cm³/mol. The van der Waals surface area contributed by atoms with Gasteiger partial charge < -0.3 is 9.73 Å². The van der Waals surface area contributed by atoms with Gasteiger partial charge >= 0.3 is 0 Å². The van der Waals surface area contributed by atoms with Crippen molar-refractivity contribution in [1.82, 2.24) is 10.3 Å². The van der Waals surface area contributed by atoms with E-state index in [1.807, 2.05) is 6.92 Å². The lowest BCUT2D eigenvalue weighted by Crippen LogP contribution is -2.21. The topological polar surface area (TPSA) is 38.1 Å². The van der Waals surface area contributed by atoms with Gasteiger partial charge in [0.15, 0.2) is 0 Å². The number of thiophene rings is 1. The van der Waals surface area contributed by atoms with E-state index in [2.05, 4.69) is 34.7 Å². The van der Waals surface area contributed by atoms with E-state index < -0.39 is 0 Å². The highest BCUT2D eigenvalue weighted by Crippen LogP contribution is 2.13. The van der Waals surface area contributed by atoms with Crippen molar-refractivity contribution >= 4 is 11.3 Å². The molecule has 16 heavy (non-hydrogen) atoms. The van der Waals surface area contributed by atoms with Crippen LogP contribution in [0.3, 0.4) is 0 Å². The van der Waals surface area contributed by atoms with Gasteiger partial charge in [-0.3, -0.25) is 0 Å². The van der Waals surface area contributed by atoms with Crippen molar-refractivity contribution in [3.05, 3.63) is 40.2 Å². The van der Waals surface area contributed by atoms with Crippen molar-refractivity contribution in [1.29, 1.82) is 0 Å². The van der Waals surface area contributed by atoms with Crippen LogP contribution in [0.5, 0.6) is 0 Å². The molecule has 0 radical (unpaired) electrons. The zero-order valence-electron chi connectivity index (χ0n) is 9.56. The number of oxazole rings is 1. The number of rotatable bonds is 5. The van der Waals surface area contributed by atoms with Gasteiger partial charge in [0.2, 0.25) is 5.89 Å². The minimum absolute atomic E-state index is 0.175. The van der Waals surface area contributed by atoms with Crippen LogP contribution in [0.15, 0.2) is 28.1 Å². The lowest BCUT2D eigenvalue weighted by molar-refractivity contribution is 0.405. The van der Waals surface area contributed by atoms with Gasteiger partial charge in [-0.15, -0.1) is 11.3 Å². The second-order valence-corrected chi connectivity index (χ2v) is 4.85. The minimum Gasteiger partial charge on any atom is -0.444 e. The summed E-state index contributed by atoms with van der Waals surface area (Å²) >= 11 is 1.80. The molecule has 2 heterocycles. The minimum atomic E-state index is 0.175. The third kappa shape index (κ3) is 2.93. The molecule has 0 fully saturated rings. The molecule has 0 aliphatic heterocycles. The summed E-state index contributed by atoms with van der Waals surface area (Å²) in [5, 5.41) is 5.51. The fourth-order valence-electron chi connectivity index (χ4n) is 1.53. The summed E-state index contributed by atoms with van der Waals surface area (Å²) in [7, 11) is 0. The van der Waals surface area contributed by atoms with E-state index in [-0.39, 0.29) is 6.04 Å². The van der Waals surface area contributed by atoms with Crippen molar-refractivity contribution < 1.29 is 4.42 Å². The average Bonchev–Trinajstić information content (AvgIpc) is 2.89. The number of hydrogen-bond acceptors (Lipinski definition) is 4. The fourth-order valence-corrected chi connectivity index (χ4v) is 2.24. The molecule has 0 saturated heterocycles. The molecule has 0 amide bonds. The molecule has 0 aliphatic rings. The van der Waals surface area contributed by atoms with Gasteiger partial charge in [-0.05, 0) is 31.7 Å². The Hall–Kier alpha value is -1.13. The molecular formula is C12H16N2OS. The number of hydrogen-bond donors (Lipinski definition) is 1. The average molecular weight is 236 g/mol. The molecule has 86 valence electrons. The molecule has 0 spiro atoms. The molecule has 2 aromatic rings. The molecular weight excluding hydrogens is 220 g/mol. The van der Waals surface area contributed by atoms with Crippen LogP contribution < -0.4 is 5.32 Å². The first-order chi connectivity index (χ1) is 7.75. The van der Waals surface area contributed by atoms with E-state index in [1.54, 1.807) is 17.5 Å². The first-order valence-electron chi connectivity index (χ1n) is 5.44. The summed E-state index contributed by atoms with van der Waals surface area (Å²) in [6.45, 7) is 4.93. The highest BCUT2D eigenvalue weighted by molar-refractivity contribution is 7.09. The molecule has 0 aliphatic carbocycles. The highest BCUT2D eigenvalue weighted by atomic mass is 32.1. The summed E-state index contributed by atoms with van der Waals surface area (Å²) in [4.78, 5) is 5.61. The lowest BCUT2D eigenvalue weighted by atomic mass is 10.3. The van der Waals surface area contributed by atoms with Crippen LogP contribution in [0.1, 0.15) is 29.5 Å². The van der Waals surface area contributed by atoms with Crippen LogP contribution in [0.4, 0.5) is 0 Å². The third-order valence-electron chi connectivity index (χ3n) is 2.41. The Morgan fingerprint density at radius 1 is 1.56 bits per heavy atom. The van der Waals surface area contributed by atoms with Crippen LogP contribution in [-0.2, 0) is 6.42 Å². The normalized spacial score (nSPS) is 12.9. The Morgan fingerprint density at radius 3 is 3.06 bits per heavy atom. The van der Waals surface area contributed by atoms with Gasteiger partial charge in [0.1, 0.15) is 5.76 Å². The maximum atomic E-state index is 5.46. The van der Waals surface area contributed by atoms with Crippen molar-refractivity contribution in [2.75, 3.05) is 6.54 Å². The standard InChI is InChI=1S/C12H16N2OS/c1-9-8-14-12(15-9)10(2)13-6-5-11-4-3-7-16-11/h3-4,7-8,10,13H,5-6H2,1-2H3. The molecule has 3 nitrogen and oxygen atoms in total. The maximum absolute atomic E-state index is 5.46. The molecule has 1 unspecified atom stereocenters. The Morgan fingerprint density at radius 2 is 2.44 bits per heavy atom. The fraction of sp³-hybridized carbons (Fsp3) is 0.417. The summed E-state index contributed by atoms with van der Waals surface area (Å²) in [6.07, 6.45) is 2.81. The largest absolute Gasteiger partial charge is 0.444 e. The SMILES string of the molecule is Cc1cnc(C(C)NCCc2cccs2)o1. The van der Waals surface area contributed by atoms with Crippen LogP contribution >= 0.6 is 11.3 Å². The van der Waals surface area contributed by atoms with E-state index in [0.717, 1.165) is 24.6 Å². The maximum Gasteiger partial charge on any atom is 0.211 e. The Kier molecular flexibility index (Phi) is 3.74. The second kappa shape index (κ2) is 5.27.